The van der Waals surface area contributed by atoms with Crippen LogP contribution < -0.4 is 5.32 Å². The molecular formula is C20H15N3O2S. The van der Waals surface area contributed by atoms with Gasteiger partial charge in [0, 0.05) is 22.7 Å². The summed E-state index contributed by atoms with van der Waals surface area (Å²) in [5.41, 5.74) is 2.95. The van der Waals surface area contributed by atoms with Gasteiger partial charge in [0.15, 0.2) is 5.13 Å². The van der Waals surface area contributed by atoms with E-state index in [-0.39, 0.29) is 12.6 Å². The highest BCUT2D eigenvalue weighted by atomic mass is 32.1. The van der Waals surface area contributed by atoms with Crippen molar-refractivity contribution in [2.24, 2.45) is 0 Å². The molecule has 26 heavy (non-hydrogen) atoms. The van der Waals surface area contributed by atoms with Gasteiger partial charge in [-0.05, 0) is 30.3 Å². The minimum absolute atomic E-state index is 0.127. The molecule has 128 valence electrons. The first-order chi connectivity index (χ1) is 12.8. The first kappa shape index (κ1) is 16.2. The number of pyridine rings is 1. The summed E-state index contributed by atoms with van der Waals surface area (Å²) in [4.78, 5) is 21.2. The van der Waals surface area contributed by atoms with Crippen molar-refractivity contribution in [2.75, 3.05) is 5.32 Å². The standard InChI is InChI=1S/C20H15N3O2S/c24-19(17-8-4-10-18-16(17)9-5-11-21-18)25-12-15-13-26-20(23-15)22-14-6-2-1-3-7-14/h1-11,13H,12H2,(H,22,23). The number of ether oxygens (including phenoxy) is 1. The topological polar surface area (TPSA) is 64.1 Å². The van der Waals surface area contributed by atoms with Gasteiger partial charge in [0.1, 0.15) is 6.61 Å². The van der Waals surface area contributed by atoms with Crippen molar-refractivity contribution in [1.29, 1.82) is 0 Å². The molecule has 2 aromatic heterocycles. The molecule has 2 heterocycles. The van der Waals surface area contributed by atoms with E-state index in [4.69, 9.17) is 4.74 Å². The number of para-hydroxylation sites is 1. The quantitative estimate of drug-likeness (QED) is 0.518. The van der Waals surface area contributed by atoms with Crippen molar-refractivity contribution >= 4 is 39.0 Å². The van der Waals surface area contributed by atoms with Gasteiger partial charge in [-0.3, -0.25) is 4.98 Å². The number of hydrogen-bond acceptors (Lipinski definition) is 6. The fraction of sp³-hybridized carbons (Fsp3) is 0.0500. The van der Waals surface area contributed by atoms with E-state index in [1.807, 2.05) is 47.8 Å². The maximum absolute atomic E-state index is 12.4. The zero-order valence-electron chi connectivity index (χ0n) is 13.8. The number of anilines is 2. The first-order valence-electron chi connectivity index (χ1n) is 8.07. The number of fused-ring (bicyclic) bond motifs is 1. The second kappa shape index (κ2) is 7.33. The number of hydrogen-bond donors (Lipinski definition) is 1. The summed E-state index contributed by atoms with van der Waals surface area (Å²) in [5, 5.41) is 6.65. The van der Waals surface area contributed by atoms with Crippen LogP contribution >= 0.6 is 11.3 Å². The monoisotopic (exact) mass is 361 g/mol. The van der Waals surface area contributed by atoms with E-state index >= 15 is 0 Å². The number of aromatic nitrogens is 2. The predicted octanol–water partition coefficient (Wildman–Crippen LogP) is 4.79. The number of carbonyl (C=O) groups is 1. The Morgan fingerprint density at radius 1 is 1.04 bits per heavy atom. The van der Waals surface area contributed by atoms with E-state index in [9.17, 15) is 4.79 Å². The normalized spacial score (nSPS) is 10.6. The van der Waals surface area contributed by atoms with Gasteiger partial charge in [-0.15, -0.1) is 11.3 Å². The molecule has 0 saturated heterocycles. The Morgan fingerprint density at radius 3 is 2.81 bits per heavy atom. The molecule has 4 aromatic rings. The molecule has 0 aliphatic carbocycles. The molecule has 0 saturated carbocycles. The van der Waals surface area contributed by atoms with Crippen molar-refractivity contribution in [3.63, 3.8) is 0 Å². The third kappa shape index (κ3) is 3.55. The first-order valence-corrected chi connectivity index (χ1v) is 8.95. The maximum atomic E-state index is 12.4. The molecule has 0 radical (unpaired) electrons. The highest BCUT2D eigenvalue weighted by molar-refractivity contribution is 7.13. The number of thiazole rings is 1. The number of benzene rings is 2. The molecule has 0 aliphatic rings. The third-order valence-corrected chi connectivity index (χ3v) is 4.60. The highest BCUT2D eigenvalue weighted by Gasteiger charge is 2.13. The molecule has 0 spiro atoms. The Balaban J connectivity index is 1.43. The van der Waals surface area contributed by atoms with Gasteiger partial charge >= 0.3 is 5.97 Å². The van der Waals surface area contributed by atoms with Crippen LogP contribution in [0.15, 0.2) is 72.2 Å². The molecule has 6 heteroatoms. The SMILES string of the molecule is O=C(OCc1csc(Nc2ccccc2)n1)c1cccc2ncccc12. The van der Waals surface area contributed by atoms with E-state index in [1.165, 1.54) is 11.3 Å². The van der Waals surface area contributed by atoms with Crippen molar-refractivity contribution in [1.82, 2.24) is 9.97 Å². The zero-order valence-corrected chi connectivity index (χ0v) is 14.6. The minimum Gasteiger partial charge on any atom is -0.456 e. The van der Waals surface area contributed by atoms with Gasteiger partial charge in [0.05, 0.1) is 16.8 Å². The molecule has 0 unspecified atom stereocenters. The van der Waals surface area contributed by atoms with E-state index in [1.54, 1.807) is 24.4 Å². The number of rotatable bonds is 5. The van der Waals surface area contributed by atoms with Crippen LogP contribution in [0.4, 0.5) is 10.8 Å². The Morgan fingerprint density at radius 2 is 1.92 bits per heavy atom. The number of nitrogens with zero attached hydrogens (tertiary/aromatic N) is 2. The summed E-state index contributed by atoms with van der Waals surface area (Å²) in [7, 11) is 0. The number of carbonyl (C=O) groups excluding carboxylic acids is 1. The largest absolute Gasteiger partial charge is 0.456 e. The summed E-state index contributed by atoms with van der Waals surface area (Å²) >= 11 is 1.47. The highest BCUT2D eigenvalue weighted by Crippen LogP contribution is 2.22. The van der Waals surface area contributed by atoms with Gasteiger partial charge in [-0.1, -0.05) is 30.3 Å². The second-order valence-corrected chi connectivity index (χ2v) is 6.44. The van der Waals surface area contributed by atoms with E-state index in [0.29, 0.717) is 11.3 Å². The lowest BCUT2D eigenvalue weighted by Crippen LogP contribution is -2.06. The van der Waals surface area contributed by atoms with Crippen LogP contribution in [-0.4, -0.2) is 15.9 Å². The molecule has 2 aromatic carbocycles. The fourth-order valence-corrected chi connectivity index (χ4v) is 3.29. The number of nitrogens with one attached hydrogen (secondary N) is 1. The van der Waals surface area contributed by atoms with Gasteiger partial charge < -0.3 is 10.1 Å². The molecule has 0 aliphatic heterocycles. The van der Waals surface area contributed by atoms with Crippen LogP contribution in [0.5, 0.6) is 0 Å². The Bertz CT molecular complexity index is 1040. The lowest BCUT2D eigenvalue weighted by atomic mass is 10.1. The van der Waals surface area contributed by atoms with Crippen molar-refractivity contribution in [3.8, 4) is 0 Å². The van der Waals surface area contributed by atoms with Crippen LogP contribution in [0.25, 0.3) is 10.9 Å². The average molecular weight is 361 g/mol. The third-order valence-electron chi connectivity index (χ3n) is 3.79. The second-order valence-electron chi connectivity index (χ2n) is 5.59. The van der Waals surface area contributed by atoms with E-state index in [0.717, 1.165) is 21.7 Å². The van der Waals surface area contributed by atoms with E-state index < -0.39 is 0 Å². The average Bonchev–Trinajstić information content (AvgIpc) is 3.14. The van der Waals surface area contributed by atoms with Gasteiger partial charge in [0.25, 0.3) is 0 Å². The summed E-state index contributed by atoms with van der Waals surface area (Å²) < 4.78 is 5.44. The van der Waals surface area contributed by atoms with Gasteiger partial charge in [0.2, 0.25) is 0 Å². The molecule has 0 atom stereocenters. The minimum atomic E-state index is -0.380. The molecule has 0 bridgehead atoms. The Hall–Kier alpha value is -3.25. The Kier molecular flexibility index (Phi) is 4.57. The Labute approximate surface area is 154 Å². The van der Waals surface area contributed by atoms with E-state index in [2.05, 4.69) is 15.3 Å². The van der Waals surface area contributed by atoms with Gasteiger partial charge in [-0.25, -0.2) is 9.78 Å². The van der Waals surface area contributed by atoms with Gasteiger partial charge in [-0.2, -0.15) is 0 Å². The zero-order chi connectivity index (χ0) is 17.8. The molecule has 0 fully saturated rings. The van der Waals surface area contributed by atoms with Crippen LogP contribution in [0.3, 0.4) is 0 Å². The van der Waals surface area contributed by atoms with Crippen LogP contribution in [-0.2, 0) is 11.3 Å². The summed E-state index contributed by atoms with van der Waals surface area (Å²) in [6, 6.07) is 18.9. The number of esters is 1. The molecule has 4 rings (SSSR count). The summed E-state index contributed by atoms with van der Waals surface area (Å²) in [6.07, 6.45) is 1.70. The molecule has 5 nitrogen and oxygen atoms in total. The molecule has 1 N–H and O–H groups in total. The van der Waals surface area contributed by atoms with Crippen molar-refractivity contribution in [2.45, 2.75) is 6.61 Å². The van der Waals surface area contributed by atoms with Crippen molar-refractivity contribution in [3.05, 3.63) is 83.5 Å². The lowest BCUT2D eigenvalue weighted by molar-refractivity contribution is 0.0471. The maximum Gasteiger partial charge on any atom is 0.339 e. The summed E-state index contributed by atoms with van der Waals surface area (Å²) in [6.45, 7) is 0.127. The van der Waals surface area contributed by atoms with Crippen LogP contribution in [0.2, 0.25) is 0 Å². The lowest BCUT2D eigenvalue weighted by Gasteiger charge is -2.06. The van der Waals surface area contributed by atoms with Crippen LogP contribution in [0.1, 0.15) is 16.1 Å². The van der Waals surface area contributed by atoms with Crippen molar-refractivity contribution < 1.29 is 9.53 Å². The predicted molar refractivity (Wildman–Crippen MR) is 103 cm³/mol. The smallest absolute Gasteiger partial charge is 0.339 e. The van der Waals surface area contributed by atoms with Crippen LogP contribution in [0, 0.1) is 0 Å². The molecular weight excluding hydrogens is 346 g/mol. The molecule has 0 amide bonds. The fourth-order valence-electron chi connectivity index (χ4n) is 2.57. The summed E-state index contributed by atoms with van der Waals surface area (Å²) in [5.74, 6) is -0.380.